The lowest BCUT2D eigenvalue weighted by molar-refractivity contribution is 0.304. The molecule has 0 saturated heterocycles. The summed E-state index contributed by atoms with van der Waals surface area (Å²) in [6, 6.07) is 17.8. The molecule has 1 fully saturated rings. The van der Waals surface area contributed by atoms with Crippen molar-refractivity contribution in [2.45, 2.75) is 71.6 Å². The van der Waals surface area contributed by atoms with Crippen molar-refractivity contribution in [3.63, 3.8) is 0 Å². The van der Waals surface area contributed by atoms with Gasteiger partial charge in [-0.3, -0.25) is 0 Å². The van der Waals surface area contributed by atoms with Crippen LogP contribution >= 0.6 is 0 Å². The highest BCUT2D eigenvalue weighted by Crippen LogP contribution is 2.40. The van der Waals surface area contributed by atoms with E-state index in [0.717, 1.165) is 17.0 Å². The second-order valence-corrected chi connectivity index (χ2v) is 9.68. The van der Waals surface area contributed by atoms with Crippen molar-refractivity contribution in [3.05, 3.63) is 77.4 Å². The molecular weight excluding hydrogens is 426 g/mol. The van der Waals surface area contributed by atoms with Gasteiger partial charge in [0.2, 0.25) is 0 Å². The van der Waals surface area contributed by atoms with Crippen LogP contribution in [0.1, 0.15) is 75.8 Å². The van der Waals surface area contributed by atoms with E-state index < -0.39 is 11.6 Å². The second kappa shape index (κ2) is 11.2. The van der Waals surface area contributed by atoms with Gasteiger partial charge in [-0.15, -0.1) is 0 Å². The molecule has 1 nitrogen and oxygen atoms in total. The summed E-state index contributed by atoms with van der Waals surface area (Å²) < 4.78 is 34.7. The standard InChI is InChI=1S/C31H36F2O/c1-4-6-7-22-9-11-23(12-10-22)24-13-15-25(16-14-24)26-17-19-27(29(20-26)34-5-2)28-18-8-21(3)30(32)31(28)33/h8,13-20,22-23H,4-7,9-12H2,1-3H3. The highest BCUT2D eigenvalue weighted by atomic mass is 19.2. The van der Waals surface area contributed by atoms with Crippen LogP contribution in [0, 0.1) is 24.5 Å². The van der Waals surface area contributed by atoms with Gasteiger partial charge in [-0.05, 0) is 85.8 Å². The molecule has 1 saturated carbocycles. The van der Waals surface area contributed by atoms with Crippen LogP contribution < -0.4 is 4.74 Å². The first-order valence-corrected chi connectivity index (χ1v) is 12.8. The Morgan fingerprint density at radius 3 is 2.15 bits per heavy atom. The summed E-state index contributed by atoms with van der Waals surface area (Å²) in [5.41, 5.74) is 4.63. The Morgan fingerprint density at radius 1 is 0.794 bits per heavy atom. The number of benzene rings is 3. The van der Waals surface area contributed by atoms with Gasteiger partial charge in [0.05, 0.1) is 6.61 Å². The smallest absolute Gasteiger partial charge is 0.167 e. The molecule has 0 aliphatic heterocycles. The van der Waals surface area contributed by atoms with Gasteiger partial charge in [-0.1, -0.05) is 68.7 Å². The van der Waals surface area contributed by atoms with Gasteiger partial charge in [-0.25, -0.2) is 8.78 Å². The van der Waals surface area contributed by atoms with Gasteiger partial charge in [0.1, 0.15) is 5.75 Å². The number of ether oxygens (including phenoxy) is 1. The average Bonchev–Trinajstić information content (AvgIpc) is 2.87. The lowest BCUT2D eigenvalue weighted by atomic mass is 9.77. The lowest BCUT2D eigenvalue weighted by Gasteiger charge is -2.29. The number of hydrogen-bond donors (Lipinski definition) is 0. The molecule has 3 heteroatoms. The van der Waals surface area contributed by atoms with Gasteiger partial charge >= 0.3 is 0 Å². The molecule has 34 heavy (non-hydrogen) atoms. The van der Waals surface area contributed by atoms with Crippen LogP contribution in [0.15, 0.2) is 54.6 Å². The van der Waals surface area contributed by atoms with E-state index in [9.17, 15) is 8.78 Å². The first-order valence-electron chi connectivity index (χ1n) is 12.8. The van der Waals surface area contributed by atoms with Crippen molar-refractivity contribution in [3.8, 4) is 28.0 Å². The third kappa shape index (κ3) is 5.35. The van der Waals surface area contributed by atoms with Crippen molar-refractivity contribution >= 4 is 0 Å². The minimum atomic E-state index is -0.831. The summed E-state index contributed by atoms with van der Waals surface area (Å²) in [5, 5.41) is 0. The van der Waals surface area contributed by atoms with Crippen molar-refractivity contribution in [1.82, 2.24) is 0 Å². The number of aryl methyl sites for hydroxylation is 1. The Kier molecular flexibility index (Phi) is 8.03. The Hall–Kier alpha value is -2.68. The lowest BCUT2D eigenvalue weighted by Crippen LogP contribution is -2.13. The molecule has 0 bridgehead atoms. The molecule has 0 N–H and O–H groups in total. The fourth-order valence-corrected chi connectivity index (χ4v) is 5.28. The molecule has 0 heterocycles. The topological polar surface area (TPSA) is 9.23 Å². The van der Waals surface area contributed by atoms with Crippen LogP contribution in [-0.4, -0.2) is 6.61 Å². The number of hydrogen-bond acceptors (Lipinski definition) is 1. The van der Waals surface area contributed by atoms with E-state index in [2.05, 4.69) is 31.2 Å². The normalized spacial score (nSPS) is 18.1. The van der Waals surface area contributed by atoms with E-state index in [4.69, 9.17) is 4.74 Å². The molecule has 0 amide bonds. The van der Waals surface area contributed by atoms with E-state index in [1.807, 2.05) is 25.1 Å². The van der Waals surface area contributed by atoms with Gasteiger partial charge < -0.3 is 4.74 Å². The van der Waals surface area contributed by atoms with Crippen LogP contribution in [-0.2, 0) is 0 Å². The predicted octanol–water partition coefficient (Wildman–Crippen LogP) is 9.47. The minimum absolute atomic E-state index is 0.225. The fraction of sp³-hybridized carbons (Fsp3) is 0.419. The SMILES string of the molecule is CCCCC1CCC(c2ccc(-c3ccc(-c4ccc(C)c(F)c4F)c(OCC)c3)cc2)CC1. The molecule has 0 unspecified atom stereocenters. The quantitative estimate of drug-likeness (QED) is 0.324. The Balaban J connectivity index is 1.54. The van der Waals surface area contributed by atoms with E-state index in [0.29, 0.717) is 29.4 Å². The van der Waals surface area contributed by atoms with E-state index in [1.54, 1.807) is 19.1 Å². The van der Waals surface area contributed by atoms with E-state index >= 15 is 0 Å². The molecule has 1 aliphatic rings. The van der Waals surface area contributed by atoms with Gasteiger partial charge in [-0.2, -0.15) is 0 Å². The molecule has 0 radical (unpaired) electrons. The van der Waals surface area contributed by atoms with Crippen LogP contribution in [0.25, 0.3) is 22.3 Å². The van der Waals surface area contributed by atoms with Crippen molar-refractivity contribution < 1.29 is 13.5 Å². The summed E-state index contributed by atoms with van der Waals surface area (Å²) >= 11 is 0. The summed E-state index contributed by atoms with van der Waals surface area (Å²) in [7, 11) is 0. The summed E-state index contributed by atoms with van der Waals surface area (Å²) in [4.78, 5) is 0. The summed E-state index contributed by atoms with van der Waals surface area (Å²) in [5.74, 6) is 0.503. The third-order valence-corrected chi connectivity index (χ3v) is 7.38. The predicted molar refractivity (Wildman–Crippen MR) is 137 cm³/mol. The average molecular weight is 463 g/mol. The maximum Gasteiger partial charge on any atom is 0.167 e. The van der Waals surface area contributed by atoms with Crippen LogP contribution in [0.2, 0.25) is 0 Å². The van der Waals surface area contributed by atoms with Crippen molar-refractivity contribution in [2.24, 2.45) is 5.92 Å². The van der Waals surface area contributed by atoms with Gasteiger partial charge in [0, 0.05) is 11.1 Å². The minimum Gasteiger partial charge on any atom is -0.493 e. The fourth-order valence-electron chi connectivity index (χ4n) is 5.28. The number of halogens is 2. The third-order valence-electron chi connectivity index (χ3n) is 7.38. The Labute approximate surface area is 203 Å². The molecular formula is C31H36F2O. The number of unbranched alkanes of at least 4 members (excludes halogenated alkanes) is 1. The Bertz CT molecular complexity index is 1100. The van der Waals surface area contributed by atoms with Gasteiger partial charge in [0.25, 0.3) is 0 Å². The molecule has 3 aromatic carbocycles. The molecule has 0 spiro atoms. The zero-order valence-electron chi connectivity index (χ0n) is 20.7. The number of rotatable bonds is 8. The highest BCUT2D eigenvalue weighted by Gasteiger charge is 2.22. The van der Waals surface area contributed by atoms with Gasteiger partial charge in [0.15, 0.2) is 11.6 Å². The molecule has 3 aromatic rings. The molecule has 4 rings (SSSR count). The largest absolute Gasteiger partial charge is 0.493 e. The second-order valence-electron chi connectivity index (χ2n) is 9.68. The van der Waals surface area contributed by atoms with Crippen LogP contribution in [0.4, 0.5) is 8.78 Å². The monoisotopic (exact) mass is 462 g/mol. The molecule has 0 atom stereocenters. The van der Waals surface area contributed by atoms with E-state index in [-0.39, 0.29) is 5.56 Å². The van der Waals surface area contributed by atoms with E-state index in [1.165, 1.54) is 50.5 Å². The molecule has 1 aliphatic carbocycles. The van der Waals surface area contributed by atoms with Crippen molar-refractivity contribution in [2.75, 3.05) is 6.61 Å². The molecule has 0 aromatic heterocycles. The Morgan fingerprint density at radius 2 is 1.47 bits per heavy atom. The maximum atomic E-state index is 14.7. The van der Waals surface area contributed by atoms with Crippen LogP contribution in [0.5, 0.6) is 5.75 Å². The van der Waals surface area contributed by atoms with Crippen LogP contribution in [0.3, 0.4) is 0 Å². The highest BCUT2D eigenvalue weighted by molar-refractivity contribution is 5.77. The summed E-state index contributed by atoms with van der Waals surface area (Å²) in [6.45, 7) is 6.19. The maximum absolute atomic E-state index is 14.7. The first kappa shape index (κ1) is 24.4. The zero-order chi connectivity index (χ0) is 24.1. The molecule has 180 valence electrons. The first-order chi connectivity index (χ1) is 16.5. The summed E-state index contributed by atoms with van der Waals surface area (Å²) in [6.07, 6.45) is 9.32. The van der Waals surface area contributed by atoms with Crippen molar-refractivity contribution in [1.29, 1.82) is 0 Å². The zero-order valence-corrected chi connectivity index (χ0v) is 20.7.